The van der Waals surface area contributed by atoms with Crippen LogP contribution < -0.4 is 0 Å². The van der Waals surface area contributed by atoms with E-state index in [1.54, 1.807) is 66.7 Å². The van der Waals surface area contributed by atoms with Crippen molar-refractivity contribution in [2.75, 3.05) is 0 Å². The Bertz CT molecular complexity index is 2850. The normalized spacial score (nSPS) is 15.7. The molecule has 0 heteroatoms. The molecule has 0 saturated carbocycles. The van der Waals surface area contributed by atoms with Crippen molar-refractivity contribution < 1.29 is 16.4 Å². The van der Waals surface area contributed by atoms with Crippen molar-refractivity contribution >= 4 is 43.1 Å². The third-order valence-electron chi connectivity index (χ3n) is 7.37. The molecule has 0 aromatic heterocycles. The van der Waals surface area contributed by atoms with Gasteiger partial charge in [0.15, 0.2) is 0 Å². The topological polar surface area (TPSA) is 0 Å². The van der Waals surface area contributed by atoms with Crippen molar-refractivity contribution in [3.05, 3.63) is 157 Å². The van der Waals surface area contributed by atoms with Gasteiger partial charge in [0.2, 0.25) is 0 Å². The highest BCUT2D eigenvalue weighted by Crippen LogP contribution is 2.46. The summed E-state index contributed by atoms with van der Waals surface area (Å²) in [6.45, 7) is 0. The molecule has 0 aliphatic carbocycles. The summed E-state index contributed by atoms with van der Waals surface area (Å²) < 4.78 is 105. The number of hydrogen-bond acceptors (Lipinski definition) is 0. The molecule has 0 bridgehead atoms. The first-order valence-electron chi connectivity index (χ1n) is 18.9. The van der Waals surface area contributed by atoms with E-state index in [2.05, 4.69) is 0 Å². The molecule has 8 aromatic carbocycles. The van der Waals surface area contributed by atoms with Crippen LogP contribution in [0.2, 0.25) is 0 Å². The summed E-state index contributed by atoms with van der Waals surface area (Å²) in [6, 6.07) is 20.6. The minimum atomic E-state index is -0.576. The van der Waals surface area contributed by atoms with Crippen LogP contribution in [-0.4, -0.2) is 0 Å². The van der Waals surface area contributed by atoms with Crippen LogP contribution in [0.5, 0.6) is 0 Å². The molecule has 0 spiro atoms. The predicted molar refractivity (Wildman–Crippen MR) is 173 cm³/mol. The highest BCUT2D eigenvalue weighted by atomic mass is 14.2. The van der Waals surface area contributed by atoms with E-state index in [1.165, 1.54) is 0 Å². The van der Waals surface area contributed by atoms with Gasteiger partial charge in [-0.05, 0) is 82.5 Å². The van der Waals surface area contributed by atoms with E-state index < -0.39 is 48.3 Å². The first-order chi connectivity index (χ1) is 24.9. The van der Waals surface area contributed by atoms with E-state index in [0.717, 1.165) is 0 Å². The molecule has 0 aliphatic heterocycles. The van der Waals surface area contributed by atoms with Crippen LogP contribution in [0.4, 0.5) is 0 Å². The maximum Gasteiger partial charge on any atom is 0.0636 e. The maximum absolute atomic E-state index is 9.26. The molecule has 0 amide bonds. The van der Waals surface area contributed by atoms with Gasteiger partial charge in [0.25, 0.3) is 0 Å². The Labute approximate surface area is 250 Å². The van der Waals surface area contributed by atoms with Gasteiger partial charge in [0.05, 0.1) is 16.4 Å². The zero-order valence-electron chi connectivity index (χ0n) is 33.1. The molecule has 0 saturated heterocycles. The molecule has 40 heavy (non-hydrogen) atoms. The smallest absolute Gasteiger partial charge is 0.0622 e. The van der Waals surface area contributed by atoms with Crippen molar-refractivity contribution in [1.82, 2.24) is 0 Å². The molecule has 8 rings (SSSR count). The van der Waals surface area contributed by atoms with Crippen LogP contribution >= 0.6 is 0 Å². The Morgan fingerprint density at radius 1 is 0.350 bits per heavy atom. The van der Waals surface area contributed by atoms with Crippen LogP contribution in [0.3, 0.4) is 0 Å². The summed E-state index contributed by atoms with van der Waals surface area (Å²) in [5.41, 5.74) is 1.82. The van der Waals surface area contributed by atoms with Crippen molar-refractivity contribution in [3.8, 4) is 33.4 Å². The molecule has 8 aromatic rings. The Hall–Kier alpha value is -5.20. The Balaban J connectivity index is 1.57. The standard InChI is InChI=1S/C40H26/c1-2-13-28(14-3-1)39-35-16-6-8-18-37(35)40(38-19-9-7-17-36(38)39)34-23-11-21-32-31(20-10-22-33(32)34)30-25-24-27-12-4-5-15-29(27)26-30/h1-26H/i1D,2D,3D,6D,8D,13D,14D,16D,18D,24D,25D,26D. The zero-order chi connectivity index (χ0) is 36.9. The average Bonchev–Trinajstić information content (AvgIpc) is 3.16. The number of fused-ring (bicyclic) bond motifs is 4. The minimum absolute atomic E-state index is 0.00554. The average molecular weight is 519 g/mol. The predicted octanol–water partition coefficient (Wildman–Crippen LogP) is 11.3. The molecule has 0 unspecified atom stereocenters. The van der Waals surface area contributed by atoms with Gasteiger partial charge in [-0.2, -0.15) is 0 Å². The van der Waals surface area contributed by atoms with E-state index >= 15 is 0 Å². The van der Waals surface area contributed by atoms with Crippen molar-refractivity contribution in [2.24, 2.45) is 0 Å². The lowest BCUT2D eigenvalue weighted by molar-refractivity contribution is 1.65. The highest BCUT2D eigenvalue weighted by Gasteiger charge is 2.18. The maximum atomic E-state index is 9.26. The van der Waals surface area contributed by atoms with Gasteiger partial charge in [0, 0.05) is 0 Å². The fourth-order valence-electron chi connectivity index (χ4n) is 5.67. The lowest BCUT2D eigenvalue weighted by atomic mass is 9.84. The minimum Gasteiger partial charge on any atom is -0.0622 e. The Morgan fingerprint density at radius 3 is 1.70 bits per heavy atom. The van der Waals surface area contributed by atoms with Gasteiger partial charge in [-0.25, -0.2) is 0 Å². The number of hydrogen-bond donors (Lipinski definition) is 0. The summed E-state index contributed by atoms with van der Waals surface area (Å²) in [7, 11) is 0. The largest absolute Gasteiger partial charge is 0.0636 e. The Kier molecular flexibility index (Phi) is 3.17. The second kappa shape index (κ2) is 9.22. The quantitative estimate of drug-likeness (QED) is 0.204. The van der Waals surface area contributed by atoms with Gasteiger partial charge in [-0.15, -0.1) is 0 Å². The van der Waals surface area contributed by atoms with Crippen LogP contribution in [0, 0.1) is 0 Å². The summed E-state index contributed by atoms with van der Waals surface area (Å²) in [5.74, 6) is 0. The van der Waals surface area contributed by atoms with E-state index in [-0.39, 0.29) is 46.1 Å². The monoisotopic (exact) mass is 518 g/mol. The first-order valence-corrected chi connectivity index (χ1v) is 12.9. The van der Waals surface area contributed by atoms with Gasteiger partial charge in [-0.3, -0.25) is 0 Å². The lowest BCUT2D eigenvalue weighted by Crippen LogP contribution is -1.92. The molecule has 0 atom stereocenters. The highest BCUT2D eigenvalue weighted by molar-refractivity contribution is 6.24. The third kappa shape index (κ3) is 3.54. The van der Waals surface area contributed by atoms with Crippen LogP contribution in [0.1, 0.15) is 16.4 Å². The summed E-state index contributed by atoms with van der Waals surface area (Å²) >= 11 is 0. The van der Waals surface area contributed by atoms with E-state index in [1.807, 2.05) is 18.2 Å². The van der Waals surface area contributed by atoms with E-state index in [0.29, 0.717) is 54.6 Å². The second-order valence-electron chi connectivity index (χ2n) is 9.55. The van der Waals surface area contributed by atoms with Crippen molar-refractivity contribution in [1.29, 1.82) is 0 Å². The molecule has 0 N–H and O–H groups in total. The molecular weight excluding hydrogens is 480 g/mol. The van der Waals surface area contributed by atoms with Gasteiger partial charge < -0.3 is 0 Å². The zero-order valence-corrected chi connectivity index (χ0v) is 21.1. The van der Waals surface area contributed by atoms with Crippen LogP contribution in [0.25, 0.3) is 76.5 Å². The fraction of sp³-hybridized carbons (Fsp3) is 0. The summed E-state index contributed by atoms with van der Waals surface area (Å²) in [4.78, 5) is 0. The first kappa shape index (κ1) is 13.7. The van der Waals surface area contributed by atoms with Gasteiger partial charge in [-0.1, -0.05) is 151 Å². The molecule has 186 valence electrons. The van der Waals surface area contributed by atoms with Gasteiger partial charge in [0.1, 0.15) is 0 Å². The molecular formula is C40H26. The molecule has 0 fully saturated rings. The molecule has 0 radical (unpaired) electrons. The van der Waals surface area contributed by atoms with E-state index in [4.69, 9.17) is 13.7 Å². The molecule has 0 heterocycles. The lowest BCUT2D eigenvalue weighted by Gasteiger charge is -2.19. The third-order valence-corrected chi connectivity index (χ3v) is 7.37. The van der Waals surface area contributed by atoms with Crippen molar-refractivity contribution in [3.63, 3.8) is 0 Å². The van der Waals surface area contributed by atoms with Crippen LogP contribution in [-0.2, 0) is 0 Å². The number of rotatable bonds is 3. The Morgan fingerprint density at radius 2 is 0.925 bits per heavy atom. The fourth-order valence-corrected chi connectivity index (χ4v) is 5.67. The molecule has 0 aliphatic rings. The summed E-state index contributed by atoms with van der Waals surface area (Å²) in [5, 5.41) is 3.46. The SMILES string of the molecule is [2H]c1c([2H])c([2H])c(-c2c3ccccc3c(-c3cccc4c(-c5c([2H])c([2H])c6ccccc6c5[2H])cccc34)c3c([2H])c([2H])c([2H])c([2H])c23)c([2H])c1[2H]. The van der Waals surface area contributed by atoms with Gasteiger partial charge >= 0.3 is 0 Å². The van der Waals surface area contributed by atoms with Crippen molar-refractivity contribution in [2.45, 2.75) is 0 Å². The molecule has 0 nitrogen and oxygen atoms in total. The van der Waals surface area contributed by atoms with Crippen LogP contribution in [0.15, 0.2) is 157 Å². The second-order valence-corrected chi connectivity index (χ2v) is 9.55. The summed E-state index contributed by atoms with van der Waals surface area (Å²) in [6.07, 6.45) is 0. The van der Waals surface area contributed by atoms with E-state index in [9.17, 15) is 2.74 Å². The number of benzene rings is 8.